The second-order valence-electron chi connectivity index (χ2n) is 28.0. The van der Waals surface area contributed by atoms with Gasteiger partial charge in [-0.1, -0.05) is 294 Å². The molecular weight excluding hydrogens is 1380 g/mol. The first-order chi connectivity index (χ1) is 56.0. The number of nitrogens with zero attached hydrogens (tertiary/aromatic N) is 9. The van der Waals surface area contributed by atoms with Gasteiger partial charge in [0.15, 0.2) is 0 Å². The van der Waals surface area contributed by atoms with Crippen LogP contribution < -0.4 is 19.6 Å². The van der Waals surface area contributed by atoms with Crippen molar-refractivity contribution in [1.29, 1.82) is 10.5 Å². The zero-order valence-electron chi connectivity index (χ0n) is 63.1. The van der Waals surface area contributed by atoms with Crippen molar-refractivity contribution in [3.63, 3.8) is 0 Å². The van der Waals surface area contributed by atoms with Crippen molar-refractivity contribution in [2.45, 2.75) is 52.0 Å². The summed E-state index contributed by atoms with van der Waals surface area (Å²) in [6.45, 7) is 2.93. The molecule has 0 saturated heterocycles. The van der Waals surface area contributed by atoms with Gasteiger partial charge in [-0.3, -0.25) is 0 Å². The first-order valence-corrected chi connectivity index (χ1v) is 38.9. The Labute approximate surface area is 662 Å². The first kappa shape index (κ1) is 72.6. The number of aromatic nitrogens is 3. The van der Waals surface area contributed by atoms with Crippen LogP contribution in [0.3, 0.4) is 0 Å². The minimum atomic E-state index is 0.539. The lowest BCUT2D eigenvalue weighted by molar-refractivity contribution is 0.488. The molecule has 0 aliphatic heterocycles. The summed E-state index contributed by atoms with van der Waals surface area (Å²) in [7, 11) is 0. The van der Waals surface area contributed by atoms with E-state index in [1.165, 1.54) is 25.7 Å². The monoisotopic (exact) mass is 1460 g/mol. The Kier molecular flexibility index (Phi) is 22.3. The van der Waals surface area contributed by atoms with Crippen LogP contribution in [0.2, 0.25) is 0 Å². The summed E-state index contributed by atoms with van der Waals surface area (Å²) in [6, 6.07) is 144. The van der Waals surface area contributed by atoms with Crippen molar-refractivity contribution in [2.75, 3.05) is 19.6 Å². The number of benzene rings is 15. The molecule has 9 heteroatoms. The van der Waals surface area contributed by atoms with Gasteiger partial charge in [0, 0.05) is 90.5 Å². The van der Waals surface area contributed by atoms with E-state index in [0.717, 1.165) is 159 Å². The van der Waals surface area contributed by atoms with E-state index in [1.807, 2.05) is 53.3 Å². The molecule has 16 aromatic rings. The Morgan fingerprint density at radius 2 is 0.460 bits per heavy atom. The molecule has 0 N–H and O–H groups in total. The third-order valence-corrected chi connectivity index (χ3v) is 20.8. The molecule has 0 bridgehead atoms. The van der Waals surface area contributed by atoms with Crippen LogP contribution in [0, 0.1) is 22.7 Å². The third kappa shape index (κ3) is 16.1. The number of unbranched alkanes of at least 4 members (excludes halogenated alkanes) is 5. The number of allylic oxidation sites excluding steroid dienone is 2. The highest BCUT2D eigenvalue weighted by Gasteiger charge is 2.24. The summed E-state index contributed by atoms with van der Waals surface area (Å²) < 4.78 is 0. The highest BCUT2D eigenvalue weighted by molar-refractivity contribution is 6.07. The SMILES string of the molecule is CCCCCCCCn1nc2c(-c3ccc(C(C#N)=C(c4ccc(N(c5ccccc5)c5ccccc5)cc4)c4ccc(N(c5ccccc5)c5ccccc5)cc4)cc3)ccc(-c3ccc(C(C#N)=C(c4ccc(N(c5ccccc5)c5ccccc5)cc4)c4ccc(N(c5ccccc5)c5ccccc5)cc4)cc3)c2n1. The Hall–Kier alpha value is -14.6. The van der Waals surface area contributed by atoms with Crippen LogP contribution in [-0.4, -0.2) is 15.0 Å². The standard InChI is InChI=1S/C104H83N9/c1-2-3-4-5-6-31-74-109-107-103-97(77-48-52-79(53-49-77)99(75-105)101(81-56-64-93(65-57-81)110(85-32-15-7-16-33-85)86-34-17-8-18-35-86)82-58-66-94(67-59-82)111(87-36-19-9-20-37-87)88-38-21-10-22-39-88)72-73-98(104(103)108-109)78-50-54-80(55-51-78)100(76-106)102(83-60-68-95(69-61-83)112(89-40-23-11-24-41-89)90-42-25-12-26-43-90)84-62-70-96(71-63-84)113(91-44-27-13-28-45-91)92-46-29-14-30-47-92/h7-30,32-73H,2-6,31,74H2,1H3. The summed E-state index contributed by atoms with van der Waals surface area (Å²) in [5.74, 6) is 0. The Balaban J connectivity index is 0.774. The summed E-state index contributed by atoms with van der Waals surface area (Å²) in [5.41, 5.74) is 25.4. The van der Waals surface area contributed by atoms with E-state index in [9.17, 15) is 10.5 Å². The summed E-state index contributed by atoms with van der Waals surface area (Å²) in [5, 5.41) is 34.0. The van der Waals surface area contributed by atoms with Crippen LogP contribution in [-0.2, 0) is 6.54 Å². The zero-order valence-corrected chi connectivity index (χ0v) is 63.1. The van der Waals surface area contributed by atoms with Crippen LogP contribution in [0.4, 0.5) is 68.2 Å². The maximum atomic E-state index is 11.7. The molecular formula is C104H83N9. The van der Waals surface area contributed by atoms with Crippen molar-refractivity contribution in [3.8, 4) is 34.4 Å². The molecule has 1 aromatic heterocycles. The van der Waals surface area contributed by atoms with Crippen molar-refractivity contribution >= 4 is 102 Å². The number of para-hydroxylation sites is 8. The van der Waals surface area contributed by atoms with Crippen molar-refractivity contribution in [1.82, 2.24) is 15.0 Å². The van der Waals surface area contributed by atoms with Gasteiger partial charge in [0.05, 0.1) is 17.7 Å². The lowest BCUT2D eigenvalue weighted by Gasteiger charge is -2.26. The second kappa shape index (κ2) is 34.7. The number of anilines is 12. The molecule has 544 valence electrons. The van der Waals surface area contributed by atoms with Crippen molar-refractivity contribution < 1.29 is 0 Å². The summed E-state index contributed by atoms with van der Waals surface area (Å²) in [4.78, 5) is 10.9. The lowest BCUT2D eigenvalue weighted by Crippen LogP contribution is -2.10. The van der Waals surface area contributed by atoms with E-state index in [2.05, 4.69) is 391 Å². The van der Waals surface area contributed by atoms with Crippen molar-refractivity contribution in [3.05, 3.63) is 434 Å². The quantitative estimate of drug-likeness (QED) is 0.0286. The number of hydrogen-bond donors (Lipinski definition) is 0. The fraction of sp³-hybridized carbons (Fsp3) is 0.0769. The molecule has 0 fully saturated rings. The van der Waals surface area contributed by atoms with E-state index < -0.39 is 0 Å². The van der Waals surface area contributed by atoms with Gasteiger partial charge in [-0.05, 0) is 197 Å². The predicted molar refractivity (Wildman–Crippen MR) is 469 cm³/mol. The Morgan fingerprint density at radius 3 is 0.690 bits per heavy atom. The average molecular weight is 1460 g/mol. The minimum absolute atomic E-state index is 0.539. The first-order valence-electron chi connectivity index (χ1n) is 38.9. The van der Waals surface area contributed by atoms with Gasteiger partial charge in [0.2, 0.25) is 0 Å². The topological polar surface area (TPSA) is 91.2 Å². The molecule has 0 amide bonds. The lowest BCUT2D eigenvalue weighted by atomic mass is 9.88. The molecule has 1 heterocycles. The maximum Gasteiger partial charge on any atom is 0.121 e. The molecule has 0 unspecified atom stereocenters. The molecule has 9 nitrogen and oxygen atoms in total. The van der Waals surface area contributed by atoms with E-state index in [-0.39, 0.29) is 0 Å². The molecule has 15 aromatic carbocycles. The van der Waals surface area contributed by atoms with Crippen molar-refractivity contribution in [2.24, 2.45) is 0 Å². The smallest absolute Gasteiger partial charge is 0.121 e. The zero-order chi connectivity index (χ0) is 76.5. The van der Waals surface area contributed by atoms with Crippen LogP contribution in [0.15, 0.2) is 400 Å². The van der Waals surface area contributed by atoms with Crippen LogP contribution in [0.1, 0.15) is 78.8 Å². The van der Waals surface area contributed by atoms with E-state index >= 15 is 0 Å². The molecule has 0 spiro atoms. The molecule has 0 atom stereocenters. The molecule has 0 saturated carbocycles. The van der Waals surface area contributed by atoms with Gasteiger partial charge in [0.1, 0.15) is 23.2 Å². The van der Waals surface area contributed by atoms with Crippen LogP contribution in [0.25, 0.3) is 55.6 Å². The van der Waals surface area contributed by atoms with Gasteiger partial charge in [-0.2, -0.15) is 25.5 Å². The molecule has 113 heavy (non-hydrogen) atoms. The van der Waals surface area contributed by atoms with E-state index in [0.29, 0.717) is 17.7 Å². The minimum Gasteiger partial charge on any atom is -0.311 e. The molecule has 0 aliphatic rings. The maximum absolute atomic E-state index is 11.7. The summed E-state index contributed by atoms with van der Waals surface area (Å²) >= 11 is 0. The van der Waals surface area contributed by atoms with Gasteiger partial charge in [-0.15, -0.1) is 0 Å². The van der Waals surface area contributed by atoms with Gasteiger partial charge in [-0.25, -0.2) is 0 Å². The van der Waals surface area contributed by atoms with Gasteiger partial charge in [0.25, 0.3) is 0 Å². The normalized spacial score (nSPS) is 10.9. The van der Waals surface area contributed by atoms with Crippen LogP contribution >= 0.6 is 0 Å². The molecule has 16 rings (SSSR count). The highest BCUT2D eigenvalue weighted by Crippen LogP contribution is 2.45. The Morgan fingerprint density at radius 1 is 0.248 bits per heavy atom. The fourth-order valence-electron chi connectivity index (χ4n) is 15.2. The van der Waals surface area contributed by atoms with Gasteiger partial charge < -0.3 is 19.6 Å². The number of hydrogen-bond acceptors (Lipinski definition) is 8. The van der Waals surface area contributed by atoms with E-state index in [4.69, 9.17) is 10.2 Å². The third-order valence-electron chi connectivity index (χ3n) is 20.8. The Bertz CT molecular complexity index is 5190. The van der Waals surface area contributed by atoms with Crippen LogP contribution in [0.5, 0.6) is 0 Å². The molecule has 0 aliphatic carbocycles. The number of fused-ring (bicyclic) bond motifs is 1. The number of rotatable bonds is 27. The predicted octanol–water partition coefficient (Wildman–Crippen LogP) is 28.0. The fourth-order valence-corrected chi connectivity index (χ4v) is 15.2. The van der Waals surface area contributed by atoms with Gasteiger partial charge >= 0.3 is 0 Å². The average Bonchev–Trinajstić information content (AvgIpc) is 1.69. The number of nitriles is 2. The summed E-state index contributed by atoms with van der Waals surface area (Å²) in [6.07, 6.45) is 6.86. The largest absolute Gasteiger partial charge is 0.311 e. The number of aryl methyl sites for hydroxylation is 1. The van der Waals surface area contributed by atoms with E-state index in [1.54, 1.807) is 0 Å². The molecule has 0 radical (unpaired) electrons. The second-order valence-corrected chi connectivity index (χ2v) is 28.0. The highest BCUT2D eigenvalue weighted by atomic mass is 15.5.